The van der Waals surface area contributed by atoms with E-state index in [0.29, 0.717) is 18.7 Å². The van der Waals surface area contributed by atoms with Gasteiger partial charge in [-0.2, -0.15) is 0 Å². The van der Waals surface area contributed by atoms with Gasteiger partial charge in [0.2, 0.25) is 21.8 Å². The number of anilines is 1. The molecular formula is C31H38BrN3O4S. The highest BCUT2D eigenvalue weighted by molar-refractivity contribution is 9.10. The van der Waals surface area contributed by atoms with Gasteiger partial charge in [0.05, 0.1) is 11.9 Å². The van der Waals surface area contributed by atoms with E-state index >= 15 is 0 Å². The zero-order valence-electron chi connectivity index (χ0n) is 23.6. The molecule has 0 unspecified atom stereocenters. The van der Waals surface area contributed by atoms with Gasteiger partial charge in [-0.05, 0) is 66.8 Å². The van der Waals surface area contributed by atoms with Gasteiger partial charge in [0.1, 0.15) is 12.6 Å². The minimum atomic E-state index is -3.80. The fourth-order valence-electron chi connectivity index (χ4n) is 4.60. The molecule has 0 fully saturated rings. The molecule has 2 amide bonds. The fourth-order valence-corrected chi connectivity index (χ4v) is 5.88. The average molecular weight is 629 g/mol. The molecule has 214 valence electrons. The van der Waals surface area contributed by atoms with Gasteiger partial charge < -0.3 is 10.2 Å². The summed E-state index contributed by atoms with van der Waals surface area (Å²) in [6.07, 6.45) is 3.12. The van der Waals surface area contributed by atoms with Gasteiger partial charge in [0.15, 0.2) is 0 Å². The number of aryl methyl sites for hydroxylation is 2. The maximum atomic E-state index is 14.1. The Hall–Kier alpha value is -3.17. The van der Waals surface area contributed by atoms with Crippen molar-refractivity contribution < 1.29 is 18.0 Å². The molecule has 40 heavy (non-hydrogen) atoms. The molecule has 3 rings (SSSR count). The lowest BCUT2D eigenvalue weighted by molar-refractivity contribution is -0.140. The number of amides is 2. The lowest BCUT2D eigenvalue weighted by Crippen LogP contribution is -2.53. The monoisotopic (exact) mass is 627 g/mol. The molecule has 3 aromatic rings. The van der Waals surface area contributed by atoms with E-state index in [2.05, 4.69) is 21.2 Å². The van der Waals surface area contributed by atoms with Crippen molar-refractivity contribution in [2.45, 2.75) is 52.6 Å². The van der Waals surface area contributed by atoms with E-state index in [1.807, 2.05) is 81.4 Å². The number of hydrogen-bond donors (Lipinski definition) is 1. The Bertz CT molecular complexity index is 1390. The summed E-state index contributed by atoms with van der Waals surface area (Å²) >= 11 is 3.49. The van der Waals surface area contributed by atoms with E-state index in [-0.39, 0.29) is 12.5 Å². The highest BCUT2D eigenvalue weighted by Crippen LogP contribution is 2.23. The number of halogens is 1. The number of carbonyl (C=O) groups is 2. The van der Waals surface area contributed by atoms with Crippen LogP contribution in [-0.2, 0) is 32.6 Å². The van der Waals surface area contributed by atoms with Crippen LogP contribution in [-0.4, -0.2) is 50.5 Å². The molecule has 0 saturated carbocycles. The minimum Gasteiger partial charge on any atom is -0.354 e. The molecule has 9 heteroatoms. The van der Waals surface area contributed by atoms with Crippen LogP contribution in [0.25, 0.3) is 0 Å². The van der Waals surface area contributed by atoms with Crippen molar-refractivity contribution in [1.29, 1.82) is 0 Å². The van der Waals surface area contributed by atoms with Crippen LogP contribution in [0.15, 0.2) is 77.3 Å². The molecule has 3 aromatic carbocycles. The lowest BCUT2D eigenvalue weighted by atomic mass is 10.0. The molecule has 0 aliphatic heterocycles. The van der Waals surface area contributed by atoms with E-state index in [0.717, 1.165) is 50.1 Å². The smallest absolute Gasteiger partial charge is 0.244 e. The third kappa shape index (κ3) is 9.20. The second-order valence-corrected chi connectivity index (χ2v) is 12.9. The van der Waals surface area contributed by atoms with Crippen LogP contribution >= 0.6 is 15.9 Å². The number of nitrogens with zero attached hydrogens (tertiary/aromatic N) is 2. The van der Waals surface area contributed by atoms with Crippen LogP contribution in [0.1, 0.15) is 42.0 Å². The quantitative estimate of drug-likeness (QED) is 0.258. The SMILES string of the molecule is CCCCNC(=O)[C@H](Cc1ccccc1)N(Cc1cccc(Br)c1)C(=O)CN(c1cc(C)cc(C)c1)S(C)(=O)=O. The van der Waals surface area contributed by atoms with Crippen molar-refractivity contribution in [2.75, 3.05) is 23.7 Å². The number of rotatable bonds is 13. The Labute approximate surface area is 246 Å². The van der Waals surface area contributed by atoms with E-state index in [4.69, 9.17) is 0 Å². The zero-order chi connectivity index (χ0) is 29.3. The second kappa shape index (κ2) is 14.5. The highest BCUT2D eigenvalue weighted by atomic mass is 79.9. The molecule has 0 aliphatic carbocycles. The first-order valence-corrected chi connectivity index (χ1v) is 16.0. The van der Waals surface area contributed by atoms with Gasteiger partial charge in [-0.25, -0.2) is 8.42 Å². The van der Waals surface area contributed by atoms with Gasteiger partial charge in [-0.1, -0.05) is 77.8 Å². The van der Waals surface area contributed by atoms with Crippen LogP contribution in [0.2, 0.25) is 0 Å². The molecule has 0 radical (unpaired) electrons. The summed E-state index contributed by atoms with van der Waals surface area (Å²) in [6.45, 7) is 6.02. The summed E-state index contributed by atoms with van der Waals surface area (Å²) < 4.78 is 27.9. The van der Waals surface area contributed by atoms with Crippen LogP contribution < -0.4 is 9.62 Å². The molecule has 0 heterocycles. The summed E-state index contributed by atoms with van der Waals surface area (Å²) in [4.78, 5) is 29.3. The summed E-state index contributed by atoms with van der Waals surface area (Å²) in [5.41, 5.74) is 3.92. The third-order valence-corrected chi connectivity index (χ3v) is 8.15. The van der Waals surface area contributed by atoms with Crippen molar-refractivity contribution >= 4 is 43.5 Å². The summed E-state index contributed by atoms with van der Waals surface area (Å²) in [5.74, 6) is -0.728. The molecule has 0 spiro atoms. The van der Waals surface area contributed by atoms with Crippen molar-refractivity contribution in [3.63, 3.8) is 0 Å². The van der Waals surface area contributed by atoms with Crippen LogP contribution in [0.4, 0.5) is 5.69 Å². The predicted molar refractivity (Wildman–Crippen MR) is 165 cm³/mol. The molecular weight excluding hydrogens is 590 g/mol. The maximum Gasteiger partial charge on any atom is 0.244 e. The number of sulfonamides is 1. The maximum absolute atomic E-state index is 14.1. The average Bonchev–Trinajstić information content (AvgIpc) is 2.88. The van der Waals surface area contributed by atoms with Crippen LogP contribution in [0.3, 0.4) is 0 Å². The van der Waals surface area contributed by atoms with Crippen LogP contribution in [0, 0.1) is 13.8 Å². The van der Waals surface area contributed by atoms with E-state index < -0.39 is 28.5 Å². The molecule has 1 N–H and O–H groups in total. The summed E-state index contributed by atoms with van der Waals surface area (Å²) in [5, 5.41) is 2.99. The van der Waals surface area contributed by atoms with E-state index in [1.54, 1.807) is 12.1 Å². The molecule has 0 saturated heterocycles. The Kier molecular flexibility index (Phi) is 11.3. The predicted octanol–water partition coefficient (Wildman–Crippen LogP) is 5.39. The molecule has 1 atom stereocenters. The van der Waals surface area contributed by atoms with E-state index in [9.17, 15) is 18.0 Å². The van der Waals surface area contributed by atoms with Gasteiger partial charge in [0, 0.05) is 24.0 Å². The van der Waals surface area contributed by atoms with Gasteiger partial charge >= 0.3 is 0 Å². The minimum absolute atomic E-state index is 0.140. The third-order valence-electron chi connectivity index (χ3n) is 6.52. The Morgan fingerprint density at radius 1 is 0.925 bits per heavy atom. The first-order chi connectivity index (χ1) is 19.0. The molecule has 0 aromatic heterocycles. The number of carbonyl (C=O) groups excluding carboxylic acids is 2. The van der Waals surface area contributed by atoms with Crippen molar-refractivity contribution in [2.24, 2.45) is 0 Å². The number of benzene rings is 3. The van der Waals surface area contributed by atoms with Crippen molar-refractivity contribution in [3.05, 3.63) is 99.5 Å². The normalized spacial score (nSPS) is 12.0. The Balaban J connectivity index is 2.05. The first kappa shape index (κ1) is 31.4. The largest absolute Gasteiger partial charge is 0.354 e. The van der Waals surface area contributed by atoms with Gasteiger partial charge in [-0.15, -0.1) is 0 Å². The Morgan fingerprint density at radius 3 is 2.17 bits per heavy atom. The summed E-state index contributed by atoms with van der Waals surface area (Å²) in [6, 6.07) is 21.7. The standard InChI is InChI=1S/C31H38BrN3O4S/c1-5-6-15-33-31(37)29(20-25-11-8-7-9-12-25)34(21-26-13-10-14-27(32)19-26)30(36)22-35(40(4,38)39)28-17-23(2)16-24(3)18-28/h7-14,16-19,29H,5-6,15,20-22H2,1-4H3,(H,33,37)/t29-/m0/s1. The Morgan fingerprint density at radius 2 is 1.57 bits per heavy atom. The number of nitrogens with one attached hydrogen (secondary N) is 1. The van der Waals surface area contributed by atoms with Crippen molar-refractivity contribution in [3.8, 4) is 0 Å². The highest BCUT2D eigenvalue weighted by Gasteiger charge is 2.33. The zero-order valence-corrected chi connectivity index (χ0v) is 26.0. The number of unbranched alkanes of at least 4 members (excludes halogenated alkanes) is 1. The van der Waals surface area contributed by atoms with Crippen molar-refractivity contribution in [1.82, 2.24) is 10.2 Å². The fraction of sp³-hybridized carbons (Fsp3) is 0.355. The number of hydrogen-bond acceptors (Lipinski definition) is 4. The van der Waals surface area contributed by atoms with E-state index in [1.165, 1.54) is 4.90 Å². The molecule has 0 bridgehead atoms. The van der Waals surface area contributed by atoms with Crippen LogP contribution in [0.5, 0.6) is 0 Å². The topological polar surface area (TPSA) is 86.8 Å². The lowest BCUT2D eigenvalue weighted by Gasteiger charge is -2.33. The van der Waals surface area contributed by atoms with Gasteiger partial charge in [-0.3, -0.25) is 13.9 Å². The van der Waals surface area contributed by atoms with Gasteiger partial charge in [0.25, 0.3) is 0 Å². The molecule has 0 aliphatic rings. The molecule has 7 nitrogen and oxygen atoms in total. The second-order valence-electron chi connectivity index (χ2n) is 10.1. The summed E-state index contributed by atoms with van der Waals surface area (Å²) in [7, 11) is -3.80. The first-order valence-electron chi connectivity index (χ1n) is 13.4.